The highest BCUT2D eigenvalue weighted by Crippen LogP contribution is 2.17. The van der Waals surface area contributed by atoms with Crippen molar-refractivity contribution in [2.24, 2.45) is 0 Å². The summed E-state index contributed by atoms with van der Waals surface area (Å²) in [6.45, 7) is 3.73. The Labute approximate surface area is 124 Å². The van der Waals surface area contributed by atoms with Crippen molar-refractivity contribution in [1.82, 2.24) is 4.98 Å². The summed E-state index contributed by atoms with van der Waals surface area (Å²) in [5.41, 5.74) is 1.95. The molecular weight excluding hydrogens is 288 g/mol. The summed E-state index contributed by atoms with van der Waals surface area (Å²) < 4.78 is 5.50. The van der Waals surface area contributed by atoms with E-state index in [0.29, 0.717) is 16.1 Å². The van der Waals surface area contributed by atoms with Crippen LogP contribution in [0.3, 0.4) is 0 Å². The molecule has 21 heavy (non-hydrogen) atoms. The first-order valence-electron chi connectivity index (χ1n) is 6.31. The maximum Gasteiger partial charge on any atom is 0.293 e. The van der Waals surface area contributed by atoms with Crippen molar-refractivity contribution in [3.05, 3.63) is 56.9 Å². The largest absolute Gasteiger partial charge is 0.451 e. The minimum Gasteiger partial charge on any atom is -0.451 e. The summed E-state index contributed by atoms with van der Waals surface area (Å²) in [5.74, 6) is -0.506. The fraction of sp³-hybridized carbons (Fsp3) is 0.133. The van der Waals surface area contributed by atoms with E-state index < -0.39 is 5.91 Å². The smallest absolute Gasteiger partial charge is 0.293 e. The lowest BCUT2D eigenvalue weighted by atomic mass is 10.1. The molecule has 0 fully saturated rings. The maximum absolute atomic E-state index is 12.1. The first-order chi connectivity index (χ1) is 10.0. The van der Waals surface area contributed by atoms with E-state index in [1.54, 1.807) is 12.1 Å². The number of fused-ring (bicyclic) bond motifs is 1. The zero-order chi connectivity index (χ0) is 15.0. The van der Waals surface area contributed by atoms with Gasteiger partial charge in [-0.25, -0.2) is 4.98 Å². The molecule has 0 atom stereocenters. The third-order valence-corrected chi connectivity index (χ3v) is 3.82. The van der Waals surface area contributed by atoms with Crippen LogP contribution in [0.5, 0.6) is 0 Å². The molecule has 3 aromatic rings. The third kappa shape index (κ3) is 2.71. The summed E-state index contributed by atoms with van der Waals surface area (Å²) in [6.07, 6.45) is 0. The van der Waals surface area contributed by atoms with E-state index in [1.807, 2.05) is 25.3 Å². The van der Waals surface area contributed by atoms with Crippen molar-refractivity contribution in [3.63, 3.8) is 0 Å². The molecule has 0 aliphatic rings. The molecule has 0 bridgehead atoms. The van der Waals surface area contributed by atoms with Gasteiger partial charge in [0.1, 0.15) is 5.58 Å². The average Bonchev–Trinajstić information content (AvgIpc) is 2.84. The fourth-order valence-corrected chi connectivity index (χ4v) is 2.64. The molecular formula is C15H12N2O3S. The third-order valence-electron chi connectivity index (χ3n) is 2.95. The van der Waals surface area contributed by atoms with Gasteiger partial charge in [0.25, 0.3) is 5.91 Å². The number of benzene rings is 1. The Morgan fingerprint density at radius 1 is 1.29 bits per heavy atom. The van der Waals surface area contributed by atoms with Crippen LogP contribution < -0.4 is 10.7 Å². The van der Waals surface area contributed by atoms with E-state index in [2.05, 4.69) is 10.3 Å². The monoisotopic (exact) mass is 300 g/mol. The lowest BCUT2D eigenvalue weighted by molar-refractivity contribution is 0.0997. The molecule has 0 spiro atoms. The van der Waals surface area contributed by atoms with Crippen LogP contribution in [0.2, 0.25) is 0 Å². The van der Waals surface area contributed by atoms with Gasteiger partial charge in [-0.05, 0) is 26.0 Å². The van der Waals surface area contributed by atoms with Crippen LogP contribution in [-0.2, 0) is 0 Å². The second-order valence-corrected chi connectivity index (χ2v) is 5.58. The number of carbonyl (C=O) groups is 1. The zero-order valence-corrected chi connectivity index (χ0v) is 12.3. The quantitative estimate of drug-likeness (QED) is 0.789. The number of nitrogens with zero attached hydrogens (tertiary/aromatic N) is 1. The zero-order valence-electron chi connectivity index (χ0n) is 11.5. The Morgan fingerprint density at radius 2 is 2.10 bits per heavy atom. The van der Waals surface area contributed by atoms with Crippen LogP contribution in [0.15, 0.2) is 38.9 Å². The van der Waals surface area contributed by atoms with Crippen LogP contribution in [0.4, 0.5) is 5.13 Å². The van der Waals surface area contributed by atoms with E-state index in [9.17, 15) is 9.59 Å². The SMILES string of the molecule is Cc1ccc2oc(C(=O)Nc3nc(C)cs3)cc(=O)c2c1. The fourth-order valence-electron chi connectivity index (χ4n) is 1.95. The first-order valence-corrected chi connectivity index (χ1v) is 7.19. The van der Waals surface area contributed by atoms with Gasteiger partial charge >= 0.3 is 0 Å². The van der Waals surface area contributed by atoms with Crippen LogP contribution in [0.25, 0.3) is 11.0 Å². The topological polar surface area (TPSA) is 72.2 Å². The van der Waals surface area contributed by atoms with Crippen molar-refractivity contribution in [3.8, 4) is 0 Å². The van der Waals surface area contributed by atoms with E-state index >= 15 is 0 Å². The number of amides is 1. The van der Waals surface area contributed by atoms with Crippen molar-refractivity contribution < 1.29 is 9.21 Å². The van der Waals surface area contributed by atoms with Gasteiger partial charge in [-0.3, -0.25) is 14.9 Å². The standard InChI is InChI=1S/C15H12N2O3S/c1-8-3-4-12-10(5-8)11(18)6-13(20-12)14(19)17-15-16-9(2)7-21-15/h3-7H,1-2H3,(H,16,17,19). The summed E-state index contributed by atoms with van der Waals surface area (Å²) >= 11 is 1.32. The molecule has 1 amide bonds. The first kappa shape index (κ1) is 13.5. The van der Waals surface area contributed by atoms with Crippen molar-refractivity contribution in [2.45, 2.75) is 13.8 Å². The van der Waals surface area contributed by atoms with Gasteiger partial charge in [0.2, 0.25) is 0 Å². The molecule has 5 nitrogen and oxygen atoms in total. The minimum atomic E-state index is -0.482. The van der Waals surface area contributed by atoms with Crippen LogP contribution in [-0.4, -0.2) is 10.9 Å². The Balaban J connectivity index is 1.98. The average molecular weight is 300 g/mol. The predicted octanol–water partition coefficient (Wildman–Crippen LogP) is 3.12. The van der Waals surface area contributed by atoms with Gasteiger partial charge in [-0.2, -0.15) is 0 Å². The summed E-state index contributed by atoms with van der Waals surface area (Å²) in [5, 5.41) is 5.39. The van der Waals surface area contributed by atoms with Crippen LogP contribution in [0.1, 0.15) is 21.8 Å². The molecule has 2 aromatic heterocycles. The number of hydrogen-bond acceptors (Lipinski definition) is 5. The van der Waals surface area contributed by atoms with Crippen molar-refractivity contribution in [2.75, 3.05) is 5.32 Å². The number of aryl methyl sites for hydroxylation is 2. The number of aromatic nitrogens is 1. The lowest BCUT2D eigenvalue weighted by Crippen LogP contribution is -2.14. The Hall–Kier alpha value is -2.47. The molecule has 3 rings (SSSR count). The number of rotatable bonds is 2. The number of carbonyl (C=O) groups excluding carboxylic acids is 1. The van der Waals surface area contributed by atoms with Crippen LogP contribution in [0, 0.1) is 13.8 Å². The molecule has 106 valence electrons. The molecule has 0 unspecified atom stereocenters. The van der Waals surface area contributed by atoms with Crippen molar-refractivity contribution >= 4 is 33.3 Å². The molecule has 0 aliphatic heterocycles. The molecule has 0 aliphatic carbocycles. The summed E-state index contributed by atoms with van der Waals surface area (Å²) in [4.78, 5) is 28.3. The molecule has 2 heterocycles. The molecule has 0 saturated carbocycles. The second kappa shape index (κ2) is 5.14. The highest BCUT2D eigenvalue weighted by Gasteiger charge is 2.14. The molecule has 1 aromatic carbocycles. The maximum atomic E-state index is 12.1. The minimum absolute atomic E-state index is 0.0239. The van der Waals surface area contributed by atoms with E-state index in [0.717, 1.165) is 11.3 Å². The highest BCUT2D eigenvalue weighted by molar-refractivity contribution is 7.13. The molecule has 0 radical (unpaired) electrons. The van der Waals surface area contributed by atoms with Crippen molar-refractivity contribution in [1.29, 1.82) is 0 Å². The van der Waals surface area contributed by atoms with E-state index in [1.165, 1.54) is 17.4 Å². The van der Waals surface area contributed by atoms with Crippen LogP contribution >= 0.6 is 11.3 Å². The van der Waals surface area contributed by atoms with Gasteiger partial charge in [-0.15, -0.1) is 11.3 Å². The summed E-state index contributed by atoms with van der Waals surface area (Å²) in [7, 11) is 0. The second-order valence-electron chi connectivity index (χ2n) is 4.72. The van der Waals surface area contributed by atoms with Gasteiger partial charge < -0.3 is 4.42 Å². The van der Waals surface area contributed by atoms with E-state index in [4.69, 9.17) is 4.42 Å². The number of hydrogen-bond donors (Lipinski definition) is 1. The normalized spacial score (nSPS) is 10.8. The van der Waals surface area contributed by atoms with Gasteiger partial charge in [0.15, 0.2) is 16.3 Å². The van der Waals surface area contributed by atoms with E-state index in [-0.39, 0.29) is 11.2 Å². The summed E-state index contributed by atoms with van der Waals surface area (Å²) in [6, 6.07) is 6.47. The molecule has 0 saturated heterocycles. The Morgan fingerprint density at radius 3 is 2.81 bits per heavy atom. The Kier molecular flexibility index (Phi) is 3.31. The predicted molar refractivity (Wildman–Crippen MR) is 82.0 cm³/mol. The number of nitrogens with one attached hydrogen (secondary N) is 1. The number of thiazole rings is 1. The Bertz CT molecular complexity index is 895. The number of anilines is 1. The van der Waals surface area contributed by atoms with Gasteiger partial charge in [-0.1, -0.05) is 11.6 Å². The molecule has 1 N–H and O–H groups in total. The molecule has 6 heteroatoms. The van der Waals surface area contributed by atoms with Gasteiger partial charge in [0.05, 0.1) is 11.1 Å². The highest BCUT2D eigenvalue weighted by atomic mass is 32.1. The lowest BCUT2D eigenvalue weighted by Gasteiger charge is -2.03. The van der Waals surface area contributed by atoms with Gasteiger partial charge in [0, 0.05) is 11.4 Å².